The summed E-state index contributed by atoms with van der Waals surface area (Å²) in [7, 11) is -5.69. The number of hydrogen-bond acceptors (Lipinski definition) is 4. The minimum Gasteiger partial charge on any atom is -0.384 e. The minimum absolute atomic E-state index is 0.0286. The summed E-state index contributed by atoms with van der Waals surface area (Å²) in [5.41, 5.74) is -5.78. The number of hydrogen-bond donors (Lipinski definition) is 0. The van der Waals surface area contributed by atoms with Gasteiger partial charge < -0.3 is 4.18 Å². The zero-order valence-corrected chi connectivity index (χ0v) is 10.7. The highest BCUT2D eigenvalue weighted by Crippen LogP contribution is 2.36. The number of Topliss-reactive ketones (excluding diaryl/α,β-unsaturated/α-hetero) is 1. The molecule has 0 amide bonds. The molecule has 1 aliphatic carbocycles. The highest BCUT2D eigenvalue weighted by Gasteiger charge is 2.48. The molecule has 1 fully saturated rings. The van der Waals surface area contributed by atoms with E-state index >= 15 is 0 Å². The van der Waals surface area contributed by atoms with Gasteiger partial charge in [-0.15, -0.1) is 0 Å². The van der Waals surface area contributed by atoms with Crippen molar-refractivity contribution in [2.75, 3.05) is 0 Å². The lowest BCUT2D eigenvalue weighted by atomic mass is 9.75. The van der Waals surface area contributed by atoms with E-state index in [1.165, 1.54) is 0 Å². The third kappa shape index (κ3) is 3.47. The van der Waals surface area contributed by atoms with E-state index < -0.39 is 15.6 Å². The first-order chi connectivity index (χ1) is 7.95. The van der Waals surface area contributed by atoms with Crippen LogP contribution in [0, 0.1) is 5.41 Å². The molecule has 0 unspecified atom stereocenters. The lowest BCUT2D eigenvalue weighted by molar-refractivity contribution is -0.117. The standard InChI is InChI=1S/C10H13F3O4S/c1-9(2)4-3-8(14)7(5-9)6-17-18(15,16)10(11,12)13/h6H,3-5H2,1-2H3/b7-6-. The molecule has 0 bridgehead atoms. The van der Waals surface area contributed by atoms with E-state index in [4.69, 9.17) is 0 Å². The summed E-state index contributed by atoms with van der Waals surface area (Å²) < 4.78 is 61.1. The van der Waals surface area contributed by atoms with Crippen LogP contribution in [0.25, 0.3) is 0 Å². The van der Waals surface area contributed by atoms with E-state index in [1.807, 2.05) is 13.8 Å². The van der Waals surface area contributed by atoms with E-state index in [9.17, 15) is 26.4 Å². The molecule has 0 aromatic carbocycles. The molecule has 0 radical (unpaired) electrons. The van der Waals surface area contributed by atoms with Gasteiger partial charge in [-0.2, -0.15) is 21.6 Å². The van der Waals surface area contributed by atoms with Gasteiger partial charge in [0.2, 0.25) is 0 Å². The van der Waals surface area contributed by atoms with Crippen molar-refractivity contribution in [3.05, 3.63) is 11.8 Å². The van der Waals surface area contributed by atoms with E-state index in [0.29, 0.717) is 12.7 Å². The van der Waals surface area contributed by atoms with Gasteiger partial charge in [-0.25, -0.2) is 0 Å². The molecule has 104 valence electrons. The maximum Gasteiger partial charge on any atom is 0.534 e. The van der Waals surface area contributed by atoms with Crippen molar-refractivity contribution in [3.63, 3.8) is 0 Å². The van der Waals surface area contributed by atoms with Crippen LogP contribution in [-0.2, 0) is 19.1 Å². The Morgan fingerprint density at radius 2 is 1.89 bits per heavy atom. The average molecular weight is 286 g/mol. The fraction of sp³-hybridized carbons (Fsp3) is 0.700. The lowest BCUT2D eigenvalue weighted by Crippen LogP contribution is -2.26. The molecular formula is C10H13F3O4S. The lowest BCUT2D eigenvalue weighted by Gasteiger charge is -2.29. The molecule has 0 N–H and O–H groups in total. The molecule has 18 heavy (non-hydrogen) atoms. The van der Waals surface area contributed by atoms with E-state index in [1.54, 1.807) is 0 Å². The first-order valence-electron chi connectivity index (χ1n) is 5.16. The van der Waals surface area contributed by atoms with Gasteiger partial charge in [0.15, 0.2) is 5.78 Å². The Morgan fingerprint density at radius 3 is 2.39 bits per heavy atom. The van der Waals surface area contributed by atoms with Crippen LogP contribution in [0.1, 0.15) is 33.1 Å². The number of halogens is 3. The number of carbonyl (C=O) groups excluding carboxylic acids is 1. The Balaban J connectivity index is 2.88. The van der Waals surface area contributed by atoms with E-state index in [2.05, 4.69) is 4.18 Å². The molecular weight excluding hydrogens is 273 g/mol. The average Bonchev–Trinajstić information content (AvgIpc) is 2.18. The van der Waals surface area contributed by atoms with Gasteiger partial charge in [0.05, 0.1) is 0 Å². The minimum atomic E-state index is -5.69. The van der Waals surface area contributed by atoms with Crippen LogP contribution in [0.15, 0.2) is 11.8 Å². The number of allylic oxidation sites excluding steroid dienone is 1. The van der Waals surface area contributed by atoms with Crippen LogP contribution in [0.4, 0.5) is 13.2 Å². The summed E-state index contributed by atoms with van der Waals surface area (Å²) >= 11 is 0. The quantitative estimate of drug-likeness (QED) is 0.339. The number of ketones is 1. The summed E-state index contributed by atoms with van der Waals surface area (Å²) in [6.07, 6.45) is 1.38. The third-order valence-corrected chi connectivity index (χ3v) is 3.57. The van der Waals surface area contributed by atoms with Crippen molar-refractivity contribution >= 4 is 15.9 Å². The second-order valence-corrected chi connectivity index (χ2v) is 6.47. The van der Waals surface area contributed by atoms with Crippen molar-refractivity contribution in [2.45, 2.75) is 38.6 Å². The van der Waals surface area contributed by atoms with E-state index in [-0.39, 0.29) is 29.6 Å². The zero-order chi connectivity index (χ0) is 14.2. The molecule has 1 aliphatic rings. The highest BCUT2D eigenvalue weighted by atomic mass is 32.2. The Bertz CT molecular complexity index is 474. The number of alkyl halides is 3. The number of carbonyl (C=O) groups is 1. The maximum absolute atomic E-state index is 12.0. The maximum atomic E-state index is 12.0. The van der Waals surface area contributed by atoms with E-state index in [0.717, 1.165) is 0 Å². The van der Waals surface area contributed by atoms with Crippen LogP contribution in [-0.4, -0.2) is 19.7 Å². The molecule has 0 spiro atoms. The molecule has 1 rings (SSSR count). The van der Waals surface area contributed by atoms with Crippen LogP contribution in [0.3, 0.4) is 0 Å². The van der Waals surface area contributed by atoms with Gasteiger partial charge in [-0.3, -0.25) is 4.79 Å². The van der Waals surface area contributed by atoms with Crippen molar-refractivity contribution in [1.29, 1.82) is 0 Å². The predicted molar refractivity (Wildman–Crippen MR) is 56.8 cm³/mol. The van der Waals surface area contributed by atoms with Gasteiger partial charge in [-0.1, -0.05) is 13.8 Å². The topological polar surface area (TPSA) is 60.4 Å². The van der Waals surface area contributed by atoms with Crippen molar-refractivity contribution in [1.82, 2.24) is 0 Å². The molecule has 0 heterocycles. The summed E-state index contributed by atoms with van der Waals surface area (Å²) in [6.45, 7) is 3.68. The van der Waals surface area contributed by atoms with Crippen molar-refractivity contribution < 1.29 is 30.6 Å². The molecule has 0 saturated heterocycles. The van der Waals surface area contributed by atoms with Crippen LogP contribution < -0.4 is 0 Å². The molecule has 0 aliphatic heterocycles. The Morgan fingerprint density at radius 1 is 1.33 bits per heavy atom. The molecule has 4 nitrogen and oxygen atoms in total. The molecule has 0 aromatic heterocycles. The van der Waals surface area contributed by atoms with Crippen molar-refractivity contribution in [3.8, 4) is 0 Å². The fourth-order valence-electron chi connectivity index (χ4n) is 1.60. The van der Waals surface area contributed by atoms with Crippen molar-refractivity contribution in [2.24, 2.45) is 5.41 Å². The second kappa shape index (κ2) is 4.56. The fourth-order valence-corrected chi connectivity index (χ4v) is 1.95. The zero-order valence-electron chi connectivity index (χ0n) is 9.87. The van der Waals surface area contributed by atoms with Crippen LogP contribution >= 0.6 is 0 Å². The molecule has 0 aromatic rings. The largest absolute Gasteiger partial charge is 0.534 e. The molecule has 0 atom stereocenters. The third-order valence-electron chi connectivity index (χ3n) is 2.66. The van der Waals surface area contributed by atoms with Gasteiger partial charge >= 0.3 is 15.6 Å². The number of rotatable bonds is 2. The molecule has 8 heteroatoms. The first kappa shape index (κ1) is 15.0. The van der Waals surface area contributed by atoms with Gasteiger partial charge in [0.25, 0.3) is 0 Å². The van der Waals surface area contributed by atoms with Gasteiger partial charge in [0.1, 0.15) is 6.26 Å². The Labute approximate surface area is 103 Å². The predicted octanol–water partition coefficient (Wildman–Crippen LogP) is 2.52. The van der Waals surface area contributed by atoms with Crippen LogP contribution in [0.5, 0.6) is 0 Å². The Hall–Kier alpha value is -1.05. The van der Waals surface area contributed by atoms with Gasteiger partial charge in [0, 0.05) is 12.0 Å². The smallest absolute Gasteiger partial charge is 0.384 e. The SMILES string of the molecule is CC1(C)CCC(=O)/C(=C\OS(=O)(=O)C(F)(F)F)C1. The normalized spacial score (nSPS) is 23.2. The summed E-state index contributed by atoms with van der Waals surface area (Å²) in [6, 6.07) is 0. The Kier molecular flexibility index (Phi) is 3.81. The summed E-state index contributed by atoms with van der Waals surface area (Å²) in [4.78, 5) is 11.4. The summed E-state index contributed by atoms with van der Waals surface area (Å²) in [5.74, 6) is -0.383. The van der Waals surface area contributed by atoms with Gasteiger partial charge in [-0.05, 0) is 18.3 Å². The first-order valence-corrected chi connectivity index (χ1v) is 6.57. The second-order valence-electron chi connectivity index (χ2n) is 4.90. The monoisotopic (exact) mass is 286 g/mol. The van der Waals surface area contributed by atoms with Crippen LogP contribution in [0.2, 0.25) is 0 Å². The molecule has 1 saturated carbocycles. The highest BCUT2D eigenvalue weighted by molar-refractivity contribution is 7.87. The summed E-state index contributed by atoms with van der Waals surface area (Å²) in [5, 5.41) is 0.